The molecule has 0 saturated heterocycles. The smallest absolute Gasteiger partial charge is 0.323 e. The van der Waals surface area contributed by atoms with E-state index in [2.05, 4.69) is 31.2 Å². The molecule has 84 valence electrons. The van der Waals surface area contributed by atoms with Gasteiger partial charge in [-0.05, 0) is 46.8 Å². The second-order valence-electron chi connectivity index (χ2n) is 4.28. The lowest BCUT2D eigenvalue weighted by atomic mass is 10.2. The predicted molar refractivity (Wildman–Crippen MR) is 67.8 cm³/mol. The van der Waals surface area contributed by atoms with Crippen molar-refractivity contribution in [1.82, 2.24) is 9.97 Å². The topological polar surface area (TPSA) is 60.7 Å². The van der Waals surface area contributed by atoms with Crippen molar-refractivity contribution in [3.05, 3.63) is 27.1 Å². The normalized spacial score (nSPS) is 15.6. The summed E-state index contributed by atoms with van der Waals surface area (Å²) in [6, 6.07) is 3.88. The minimum Gasteiger partial charge on any atom is -0.384 e. The van der Waals surface area contributed by atoms with Crippen LogP contribution >= 0.6 is 15.9 Å². The third-order valence-electron chi connectivity index (χ3n) is 2.88. The van der Waals surface area contributed by atoms with Gasteiger partial charge in [0.05, 0.1) is 16.7 Å². The maximum atomic E-state index is 11.1. The number of halogens is 1. The summed E-state index contributed by atoms with van der Waals surface area (Å²) in [4.78, 5) is 16.6. The van der Waals surface area contributed by atoms with E-state index in [1.54, 1.807) is 0 Å². The lowest BCUT2D eigenvalue weighted by molar-refractivity contribution is 0.889. The van der Waals surface area contributed by atoms with Crippen LogP contribution in [-0.2, 0) is 0 Å². The van der Waals surface area contributed by atoms with Gasteiger partial charge in [-0.2, -0.15) is 0 Å². The van der Waals surface area contributed by atoms with E-state index in [0.717, 1.165) is 33.7 Å². The Kier molecular flexibility index (Phi) is 2.28. The molecule has 0 aliphatic heterocycles. The number of nitrogens with one attached hydrogen (secondary N) is 3. The highest BCUT2D eigenvalue weighted by atomic mass is 79.9. The number of imidazole rings is 1. The number of fused-ring (bicyclic) bond motifs is 1. The van der Waals surface area contributed by atoms with Crippen LogP contribution in [0.5, 0.6) is 0 Å². The molecule has 4 nitrogen and oxygen atoms in total. The first kappa shape index (κ1) is 9.96. The Labute approximate surface area is 101 Å². The van der Waals surface area contributed by atoms with Gasteiger partial charge in [-0.1, -0.05) is 0 Å². The highest BCUT2D eigenvalue weighted by Gasteiger charge is 2.20. The maximum absolute atomic E-state index is 11.1. The average molecular weight is 282 g/mol. The van der Waals surface area contributed by atoms with E-state index in [-0.39, 0.29) is 5.69 Å². The van der Waals surface area contributed by atoms with Crippen LogP contribution < -0.4 is 11.0 Å². The zero-order valence-corrected chi connectivity index (χ0v) is 10.2. The molecule has 1 aliphatic rings. The Bertz CT molecular complexity index is 582. The van der Waals surface area contributed by atoms with E-state index in [1.165, 1.54) is 12.8 Å². The molecular formula is C11H12BrN3O. The molecular weight excluding hydrogens is 270 g/mol. The largest absolute Gasteiger partial charge is 0.384 e. The summed E-state index contributed by atoms with van der Waals surface area (Å²) in [5, 5.41) is 3.39. The van der Waals surface area contributed by atoms with Gasteiger partial charge >= 0.3 is 5.69 Å². The fourth-order valence-electron chi connectivity index (χ4n) is 1.77. The van der Waals surface area contributed by atoms with E-state index in [0.29, 0.717) is 0 Å². The van der Waals surface area contributed by atoms with Crippen molar-refractivity contribution in [2.45, 2.75) is 12.8 Å². The highest BCUT2D eigenvalue weighted by Crippen LogP contribution is 2.31. The number of benzene rings is 1. The molecule has 1 aliphatic carbocycles. The Balaban J connectivity index is 1.95. The van der Waals surface area contributed by atoms with Crippen LogP contribution in [0.25, 0.3) is 11.0 Å². The average Bonchev–Trinajstić information content (AvgIpc) is 2.98. The standard InChI is InChI=1S/C11H12BrN3O/c12-7-3-9-10(15-11(16)14-9)4-8(7)13-5-6-1-2-6/h3-4,6,13H,1-2,5H2,(H2,14,15,16). The molecule has 0 spiro atoms. The first-order valence-corrected chi connectivity index (χ1v) is 6.17. The summed E-state index contributed by atoms with van der Waals surface area (Å²) >= 11 is 3.50. The van der Waals surface area contributed by atoms with Crippen molar-refractivity contribution >= 4 is 32.7 Å². The van der Waals surface area contributed by atoms with Gasteiger partial charge in [0.25, 0.3) is 0 Å². The van der Waals surface area contributed by atoms with Crippen LogP contribution in [0.4, 0.5) is 5.69 Å². The Morgan fingerprint density at radius 1 is 1.31 bits per heavy atom. The summed E-state index contributed by atoms with van der Waals surface area (Å²) in [5.41, 5.74) is 2.54. The second kappa shape index (κ2) is 3.66. The van der Waals surface area contributed by atoms with Crippen LogP contribution in [0.2, 0.25) is 0 Å². The van der Waals surface area contributed by atoms with Crippen molar-refractivity contribution in [1.29, 1.82) is 0 Å². The minimum absolute atomic E-state index is 0.166. The molecule has 1 saturated carbocycles. The first-order chi connectivity index (χ1) is 7.72. The molecule has 3 rings (SSSR count). The summed E-state index contributed by atoms with van der Waals surface area (Å²) in [5.74, 6) is 0.827. The van der Waals surface area contributed by atoms with Gasteiger partial charge in [0.1, 0.15) is 0 Å². The third-order valence-corrected chi connectivity index (χ3v) is 3.54. The molecule has 1 heterocycles. The Morgan fingerprint density at radius 2 is 2.00 bits per heavy atom. The van der Waals surface area contributed by atoms with Gasteiger partial charge < -0.3 is 15.3 Å². The van der Waals surface area contributed by atoms with Gasteiger partial charge in [0.15, 0.2) is 0 Å². The molecule has 0 atom stereocenters. The Morgan fingerprint density at radius 3 is 2.69 bits per heavy atom. The van der Waals surface area contributed by atoms with Gasteiger partial charge in [-0.15, -0.1) is 0 Å². The highest BCUT2D eigenvalue weighted by molar-refractivity contribution is 9.10. The lowest BCUT2D eigenvalue weighted by Crippen LogP contribution is -2.03. The van der Waals surface area contributed by atoms with Crippen LogP contribution in [0.1, 0.15) is 12.8 Å². The SMILES string of the molecule is O=c1[nH]c2cc(Br)c(NCC3CC3)cc2[nH]1. The fraction of sp³-hybridized carbons (Fsp3) is 0.364. The molecule has 0 bridgehead atoms. The van der Waals surface area contributed by atoms with Crippen LogP contribution in [0.3, 0.4) is 0 Å². The van der Waals surface area contributed by atoms with Gasteiger partial charge in [-0.3, -0.25) is 0 Å². The predicted octanol–water partition coefficient (Wildman–Crippen LogP) is 2.44. The number of hydrogen-bond acceptors (Lipinski definition) is 2. The van der Waals surface area contributed by atoms with E-state index in [1.807, 2.05) is 12.1 Å². The van der Waals surface area contributed by atoms with Crippen molar-refractivity contribution in [3.63, 3.8) is 0 Å². The summed E-state index contributed by atoms with van der Waals surface area (Å²) in [7, 11) is 0. The number of aromatic amines is 2. The molecule has 0 radical (unpaired) electrons. The molecule has 1 fully saturated rings. The number of aromatic nitrogens is 2. The number of hydrogen-bond donors (Lipinski definition) is 3. The quantitative estimate of drug-likeness (QED) is 0.809. The summed E-state index contributed by atoms with van der Waals surface area (Å²) in [6.45, 7) is 1.01. The first-order valence-electron chi connectivity index (χ1n) is 5.38. The monoisotopic (exact) mass is 281 g/mol. The molecule has 2 aromatic rings. The van der Waals surface area contributed by atoms with Gasteiger partial charge in [0, 0.05) is 11.0 Å². The van der Waals surface area contributed by atoms with Gasteiger partial charge in [0.2, 0.25) is 0 Å². The summed E-state index contributed by atoms with van der Waals surface area (Å²) in [6.07, 6.45) is 2.65. The van der Waals surface area contributed by atoms with Crippen molar-refractivity contribution < 1.29 is 0 Å². The Hall–Kier alpha value is -1.23. The van der Waals surface area contributed by atoms with Crippen molar-refractivity contribution in [2.24, 2.45) is 5.92 Å². The van der Waals surface area contributed by atoms with Crippen LogP contribution in [0.15, 0.2) is 21.4 Å². The molecule has 16 heavy (non-hydrogen) atoms. The molecule has 1 aromatic heterocycles. The van der Waals surface area contributed by atoms with E-state index in [4.69, 9.17) is 0 Å². The van der Waals surface area contributed by atoms with Crippen molar-refractivity contribution in [3.8, 4) is 0 Å². The van der Waals surface area contributed by atoms with Crippen LogP contribution in [0, 0.1) is 5.92 Å². The molecule has 0 unspecified atom stereocenters. The van der Waals surface area contributed by atoms with E-state index < -0.39 is 0 Å². The fourth-order valence-corrected chi connectivity index (χ4v) is 2.25. The summed E-state index contributed by atoms with van der Waals surface area (Å²) < 4.78 is 0.982. The molecule has 1 aromatic carbocycles. The molecule has 3 N–H and O–H groups in total. The van der Waals surface area contributed by atoms with Gasteiger partial charge in [-0.25, -0.2) is 4.79 Å². The lowest BCUT2D eigenvalue weighted by Gasteiger charge is -2.07. The molecule has 5 heteroatoms. The third kappa shape index (κ3) is 1.87. The zero-order valence-electron chi connectivity index (χ0n) is 8.64. The number of H-pyrrole nitrogens is 2. The van der Waals surface area contributed by atoms with E-state index in [9.17, 15) is 4.79 Å². The van der Waals surface area contributed by atoms with Crippen molar-refractivity contribution in [2.75, 3.05) is 11.9 Å². The minimum atomic E-state index is -0.166. The second-order valence-corrected chi connectivity index (χ2v) is 5.14. The maximum Gasteiger partial charge on any atom is 0.323 e. The van der Waals surface area contributed by atoms with E-state index >= 15 is 0 Å². The number of anilines is 1. The zero-order chi connectivity index (χ0) is 11.1. The number of rotatable bonds is 3. The van der Waals surface area contributed by atoms with Crippen LogP contribution in [-0.4, -0.2) is 16.5 Å². The molecule has 0 amide bonds.